The summed E-state index contributed by atoms with van der Waals surface area (Å²) in [6, 6.07) is 0. The summed E-state index contributed by atoms with van der Waals surface area (Å²) in [6.45, 7) is 0.405. The van der Waals surface area contributed by atoms with Crippen LogP contribution in [0.25, 0.3) is 0 Å². The van der Waals surface area contributed by atoms with Crippen molar-refractivity contribution >= 4 is 0 Å². The van der Waals surface area contributed by atoms with Crippen LogP contribution in [0.5, 0.6) is 0 Å². The molecule has 0 spiro atoms. The highest BCUT2D eigenvalue weighted by Crippen LogP contribution is 2.01. The van der Waals surface area contributed by atoms with E-state index in [1.54, 1.807) is 13.8 Å². The first-order valence-corrected chi connectivity index (χ1v) is 2.60. The van der Waals surface area contributed by atoms with E-state index in [1.807, 2.05) is 0 Å². The number of halogens is 2. The van der Waals surface area contributed by atoms with E-state index in [0.29, 0.717) is 0 Å². The maximum atomic E-state index is 11.3. The molecule has 0 heterocycles. The van der Waals surface area contributed by atoms with Gasteiger partial charge in [0.1, 0.15) is 0 Å². The van der Waals surface area contributed by atoms with E-state index in [9.17, 15) is 8.78 Å². The average molecular weight is 139 g/mol. The Bertz CT molecular complexity index is 79.5. The summed E-state index contributed by atoms with van der Waals surface area (Å²) in [5.74, 6) is 0. The summed E-state index contributed by atoms with van der Waals surface area (Å²) in [5, 5.41) is 0. The fourth-order valence-corrected chi connectivity index (χ4v) is 0.278. The fraction of sp³-hybridized carbons (Fsp3) is 1.00. The third kappa shape index (κ3) is 7.78. The molecule has 4 heteroatoms. The van der Waals surface area contributed by atoms with Gasteiger partial charge in [-0.3, -0.25) is 0 Å². The molecule has 0 aliphatic carbocycles. The van der Waals surface area contributed by atoms with Crippen molar-refractivity contribution in [2.24, 2.45) is 5.73 Å². The minimum Gasteiger partial charge on any atom is -0.324 e. The summed E-state index contributed by atoms with van der Waals surface area (Å²) in [7, 11) is 0. The Hall–Kier alpha value is -0.220. The van der Waals surface area contributed by atoms with Crippen molar-refractivity contribution in [3.63, 3.8) is 0 Å². The Kier molecular flexibility index (Phi) is 3.00. The van der Waals surface area contributed by atoms with Crippen molar-refractivity contribution in [3.05, 3.63) is 0 Å². The molecule has 0 aromatic heterocycles. The van der Waals surface area contributed by atoms with Gasteiger partial charge < -0.3 is 10.5 Å². The molecule has 0 bridgehead atoms. The summed E-state index contributed by atoms with van der Waals surface area (Å²) in [5.41, 5.74) is 4.66. The zero-order valence-electron chi connectivity index (χ0n) is 5.53. The Morgan fingerprint density at radius 2 is 2.00 bits per heavy atom. The minimum atomic E-state index is -2.71. The van der Waals surface area contributed by atoms with Crippen LogP contribution in [-0.2, 0) is 4.74 Å². The molecule has 56 valence electrons. The molecule has 9 heavy (non-hydrogen) atoms. The predicted octanol–water partition coefficient (Wildman–Crippen LogP) is 0.963. The van der Waals surface area contributed by atoms with Crippen molar-refractivity contribution in [1.82, 2.24) is 0 Å². The Labute approximate surface area is 53.0 Å². The number of alkyl halides is 2. The zero-order chi connectivity index (χ0) is 7.49. The molecule has 0 aliphatic heterocycles. The van der Waals surface area contributed by atoms with Gasteiger partial charge in [0.2, 0.25) is 0 Å². The molecule has 2 N–H and O–H groups in total. The first-order chi connectivity index (χ1) is 3.92. The van der Waals surface area contributed by atoms with Crippen LogP contribution >= 0.6 is 0 Å². The highest BCUT2D eigenvalue weighted by atomic mass is 19.3. The topological polar surface area (TPSA) is 35.2 Å². The third-order valence-electron chi connectivity index (χ3n) is 0.581. The average Bonchev–Trinajstić information content (AvgIpc) is 1.59. The van der Waals surface area contributed by atoms with Crippen LogP contribution in [0.3, 0.4) is 0 Å². The van der Waals surface area contributed by atoms with Crippen LogP contribution < -0.4 is 5.73 Å². The van der Waals surface area contributed by atoms with Crippen LogP contribution in [0.2, 0.25) is 0 Å². The summed E-state index contributed by atoms with van der Waals surface area (Å²) in [4.78, 5) is 0. The van der Waals surface area contributed by atoms with Gasteiger partial charge in [0.05, 0.1) is 6.61 Å². The van der Waals surface area contributed by atoms with Crippen LogP contribution in [0.15, 0.2) is 0 Å². The summed E-state index contributed by atoms with van der Waals surface area (Å²) >= 11 is 0. The van der Waals surface area contributed by atoms with Gasteiger partial charge in [-0.05, 0) is 13.8 Å². The van der Waals surface area contributed by atoms with Crippen LogP contribution in [0.1, 0.15) is 13.8 Å². The second-order valence-corrected chi connectivity index (χ2v) is 2.56. The molecular weight excluding hydrogens is 128 g/mol. The van der Waals surface area contributed by atoms with Gasteiger partial charge in [-0.2, -0.15) is 8.78 Å². The van der Waals surface area contributed by atoms with Crippen molar-refractivity contribution < 1.29 is 13.5 Å². The molecule has 2 nitrogen and oxygen atoms in total. The van der Waals surface area contributed by atoms with E-state index >= 15 is 0 Å². The standard InChI is InChI=1S/C5H11F2NO/c1-5(2,8)3-9-4(6)7/h4H,3,8H2,1-2H3. The van der Waals surface area contributed by atoms with Gasteiger partial charge in [0.25, 0.3) is 0 Å². The molecular formula is C5H11F2NO. The second kappa shape index (κ2) is 3.08. The number of ether oxygens (including phenoxy) is 1. The van der Waals surface area contributed by atoms with Gasteiger partial charge >= 0.3 is 6.61 Å². The van der Waals surface area contributed by atoms with Crippen LogP contribution in [0, 0.1) is 0 Å². The SMILES string of the molecule is CC(C)(N)COC(F)F. The van der Waals surface area contributed by atoms with E-state index in [0.717, 1.165) is 0 Å². The second-order valence-electron chi connectivity index (χ2n) is 2.56. The molecule has 0 saturated carbocycles. The third-order valence-corrected chi connectivity index (χ3v) is 0.581. The monoisotopic (exact) mass is 139 g/mol. The molecule has 0 amide bonds. The molecule has 0 saturated heterocycles. The van der Waals surface area contributed by atoms with Crippen LogP contribution in [0.4, 0.5) is 8.78 Å². The highest BCUT2D eigenvalue weighted by Gasteiger charge is 2.13. The van der Waals surface area contributed by atoms with Gasteiger partial charge in [0, 0.05) is 5.54 Å². The number of hydrogen-bond donors (Lipinski definition) is 1. The van der Waals surface area contributed by atoms with Crippen molar-refractivity contribution in [3.8, 4) is 0 Å². The smallest absolute Gasteiger partial charge is 0.324 e. The molecule has 0 unspecified atom stereocenters. The van der Waals surface area contributed by atoms with E-state index in [4.69, 9.17) is 5.73 Å². The fourth-order valence-electron chi connectivity index (χ4n) is 0.278. The lowest BCUT2D eigenvalue weighted by Gasteiger charge is -2.17. The molecule has 0 radical (unpaired) electrons. The molecule has 0 rings (SSSR count). The van der Waals surface area contributed by atoms with Crippen LogP contribution in [-0.4, -0.2) is 18.8 Å². The van der Waals surface area contributed by atoms with E-state index in [2.05, 4.69) is 4.74 Å². The quantitative estimate of drug-likeness (QED) is 0.632. The van der Waals surface area contributed by atoms with Crippen molar-refractivity contribution in [2.75, 3.05) is 6.61 Å². The first-order valence-electron chi connectivity index (χ1n) is 2.60. The lowest BCUT2D eigenvalue weighted by Crippen LogP contribution is -2.38. The number of rotatable bonds is 3. The summed E-state index contributed by atoms with van der Waals surface area (Å²) in [6.07, 6.45) is 0. The molecule has 0 aromatic rings. The summed E-state index contributed by atoms with van der Waals surface area (Å²) < 4.78 is 26.5. The van der Waals surface area contributed by atoms with Gasteiger partial charge in [-0.1, -0.05) is 0 Å². The van der Waals surface area contributed by atoms with E-state index in [-0.39, 0.29) is 6.61 Å². The van der Waals surface area contributed by atoms with E-state index < -0.39 is 12.2 Å². The predicted molar refractivity (Wildman–Crippen MR) is 30.2 cm³/mol. The molecule has 0 fully saturated rings. The molecule has 0 aliphatic rings. The number of hydrogen-bond acceptors (Lipinski definition) is 2. The maximum absolute atomic E-state index is 11.3. The molecule has 0 atom stereocenters. The first kappa shape index (κ1) is 8.78. The Balaban J connectivity index is 3.28. The Morgan fingerprint density at radius 1 is 1.56 bits per heavy atom. The zero-order valence-corrected chi connectivity index (χ0v) is 5.53. The lowest BCUT2D eigenvalue weighted by atomic mass is 10.1. The maximum Gasteiger partial charge on any atom is 0.345 e. The van der Waals surface area contributed by atoms with Crippen molar-refractivity contribution in [1.29, 1.82) is 0 Å². The minimum absolute atomic E-state index is 0.120. The van der Waals surface area contributed by atoms with Gasteiger partial charge in [-0.25, -0.2) is 0 Å². The van der Waals surface area contributed by atoms with Gasteiger partial charge in [-0.15, -0.1) is 0 Å². The van der Waals surface area contributed by atoms with Crippen molar-refractivity contribution in [2.45, 2.75) is 26.0 Å². The Morgan fingerprint density at radius 3 is 2.11 bits per heavy atom. The highest BCUT2D eigenvalue weighted by molar-refractivity contribution is 4.69. The number of nitrogens with two attached hydrogens (primary N) is 1. The van der Waals surface area contributed by atoms with Gasteiger partial charge in [0.15, 0.2) is 0 Å². The largest absolute Gasteiger partial charge is 0.345 e. The lowest BCUT2D eigenvalue weighted by molar-refractivity contribution is -0.138. The van der Waals surface area contributed by atoms with E-state index in [1.165, 1.54) is 0 Å². The normalized spacial score (nSPS) is 12.7. The molecule has 0 aromatic carbocycles.